The molecule has 0 saturated heterocycles. The average Bonchev–Trinajstić information content (AvgIpc) is 3.21. The van der Waals surface area contributed by atoms with E-state index in [4.69, 9.17) is 21.1 Å². The van der Waals surface area contributed by atoms with Crippen molar-refractivity contribution in [2.45, 2.75) is 39.4 Å². The van der Waals surface area contributed by atoms with Crippen molar-refractivity contribution in [2.75, 3.05) is 23.9 Å². The van der Waals surface area contributed by atoms with Gasteiger partial charge in [0.2, 0.25) is 28.6 Å². The number of halogens is 1. The lowest BCUT2D eigenvalue weighted by atomic mass is 10.1. The molecule has 1 aliphatic heterocycles. The van der Waals surface area contributed by atoms with Crippen LogP contribution in [-0.2, 0) is 26.2 Å². The van der Waals surface area contributed by atoms with Gasteiger partial charge in [0.15, 0.2) is 11.5 Å². The van der Waals surface area contributed by atoms with Gasteiger partial charge in [0.05, 0.1) is 11.9 Å². The number of nitrogens with one attached hydrogen (secondary N) is 1. The number of nitrogens with zero attached hydrogens (tertiary/aromatic N) is 2. The number of carbonyl (C=O) groups excluding carboxylic acids is 2. The molecule has 0 spiro atoms. The predicted octanol–water partition coefficient (Wildman–Crippen LogP) is 2.78. The van der Waals surface area contributed by atoms with Crippen molar-refractivity contribution in [3.8, 4) is 11.5 Å². The molecule has 34 heavy (non-hydrogen) atoms. The Labute approximate surface area is 204 Å². The van der Waals surface area contributed by atoms with Crippen LogP contribution in [0.3, 0.4) is 0 Å². The smallest absolute Gasteiger partial charge is 0.244 e. The molecule has 1 N–H and O–H groups in total. The first kappa shape index (κ1) is 25.6. The summed E-state index contributed by atoms with van der Waals surface area (Å²) in [4.78, 5) is 27.6. The quantitative estimate of drug-likeness (QED) is 0.557. The van der Waals surface area contributed by atoms with E-state index in [9.17, 15) is 18.0 Å². The minimum absolute atomic E-state index is 0.0342. The lowest BCUT2D eigenvalue weighted by molar-refractivity contribution is -0.139. The summed E-state index contributed by atoms with van der Waals surface area (Å²) >= 11 is 6.10. The maximum absolute atomic E-state index is 13.5. The Hall–Kier alpha value is -2.98. The molecular formula is C23H28ClN3O6S. The molecule has 1 aliphatic rings. The van der Waals surface area contributed by atoms with E-state index in [1.807, 2.05) is 13.8 Å². The second-order valence-electron chi connectivity index (χ2n) is 8.30. The Morgan fingerprint density at radius 2 is 1.79 bits per heavy atom. The van der Waals surface area contributed by atoms with Gasteiger partial charge in [0.25, 0.3) is 0 Å². The number of sulfonamides is 1. The Bertz CT molecular complexity index is 1170. The summed E-state index contributed by atoms with van der Waals surface area (Å²) in [5.41, 5.74) is 0.959. The molecule has 1 atom stereocenters. The van der Waals surface area contributed by atoms with Crippen molar-refractivity contribution in [2.24, 2.45) is 0 Å². The zero-order valence-corrected chi connectivity index (χ0v) is 21.0. The summed E-state index contributed by atoms with van der Waals surface area (Å²) in [7, 11) is -3.84. The Kier molecular flexibility index (Phi) is 7.93. The first-order valence-electron chi connectivity index (χ1n) is 10.7. The van der Waals surface area contributed by atoms with Crippen LogP contribution in [-0.4, -0.2) is 56.8 Å². The highest BCUT2D eigenvalue weighted by Gasteiger charge is 2.31. The molecule has 0 bridgehead atoms. The maximum Gasteiger partial charge on any atom is 0.244 e. The lowest BCUT2D eigenvalue weighted by Crippen LogP contribution is -2.52. The average molecular weight is 510 g/mol. The van der Waals surface area contributed by atoms with E-state index >= 15 is 0 Å². The van der Waals surface area contributed by atoms with Crippen LogP contribution in [0.25, 0.3) is 0 Å². The van der Waals surface area contributed by atoms with Crippen LogP contribution in [0.5, 0.6) is 11.5 Å². The van der Waals surface area contributed by atoms with E-state index < -0.39 is 28.5 Å². The summed E-state index contributed by atoms with van der Waals surface area (Å²) < 4.78 is 36.9. The third-order valence-corrected chi connectivity index (χ3v) is 6.54. The van der Waals surface area contributed by atoms with Crippen LogP contribution in [0.1, 0.15) is 26.3 Å². The van der Waals surface area contributed by atoms with Crippen molar-refractivity contribution < 1.29 is 27.5 Å². The maximum atomic E-state index is 13.5. The third-order valence-electron chi connectivity index (χ3n) is 5.16. The van der Waals surface area contributed by atoms with Crippen molar-refractivity contribution in [1.82, 2.24) is 10.2 Å². The van der Waals surface area contributed by atoms with Crippen molar-refractivity contribution >= 4 is 39.1 Å². The topological polar surface area (TPSA) is 105 Å². The summed E-state index contributed by atoms with van der Waals surface area (Å²) in [6.45, 7) is 4.85. The number of carbonyl (C=O) groups is 2. The van der Waals surface area contributed by atoms with Crippen LogP contribution in [0.2, 0.25) is 5.02 Å². The van der Waals surface area contributed by atoms with Crippen molar-refractivity contribution in [3.05, 3.63) is 53.1 Å². The molecule has 1 heterocycles. The number of anilines is 1. The SMILES string of the molecule is CC(C)NC(=O)C(C)N(Cc1cccc(Cl)c1)C(=O)CN(c1ccc2c(c1)OCO2)S(C)(=O)=O. The Morgan fingerprint density at radius 3 is 2.44 bits per heavy atom. The van der Waals surface area contributed by atoms with Gasteiger partial charge in [-0.1, -0.05) is 23.7 Å². The van der Waals surface area contributed by atoms with Gasteiger partial charge in [-0.2, -0.15) is 0 Å². The number of rotatable bonds is 9. The molecular weight excluding hydrogens is 482 g/mol. The molecule has 3 rings (SSSR count). The lowest BCUT2D eigenvalue weighted by Gasteiger charge is -2.32. The molecule has 0 aromatic heterocycles. The summed E-state index contributed by atoms with van der Waals surface area (Å²) in [5, 5.41) is 3.29. The van der Waals surface area contributed by atoms with Gasteiger partial charge in [-0.05, 0) is 50.6 Å². The zero-order chi connectivity index (χ0) is 25.0. The zero-order valence-electron chi connectivity index (χ0n) is 19.4. The van der Waals surface area contributed by atoms with Crippen LogP contribution < -0.4 is 19.1 Å². The molecule has 0 fully saturated rings. The normalized spacial score (nSPS) is 13.5. The number of hydrogen-bond donors (Lipinski definition) is 1. The van der Waals surface area contributed by atoms with Crippen molar-refractivity contribution in [3.63, 3.8) is 0 Å². The highest BCUT2D eigenvalue weighted by Crippen LogP contribution is 2.36. The van der Waals surface area contributed by atoms with Gasteiger partial charge in [-0.15, -0.1) is 0 Å². The minimum Gasteiger partial charge on any atom is -0.454 e. The highest BCUT2D eigenvalue weighted by atomic mass is 35.5. The van der Waals surface area contributed by atoms with Gasteiger partial charge in [-0.3, -0.25) is 13.9 Å². The van der Waals surface area contributed by atoms with Gasteiger partial charge in [0.1, 0.15) is 12.6 Å². The molecule has 2 amide bonds. The highest BCUT2D eigenvalue weighted by molar-refractivity contribution is 7.92. The van der Waals surface area contributed by atoms with Gasteiger partial charge < -0.3 is 19.7 Å². The fourth-order valence-corrected chi connectivity index (χ4v) is 4.53. The monoisotopic (exact) mass is 509 g/mol. The van der Waals surface area contributed by atoms with E-state index in [1.165, 1.54) is 17.0 Å². The largest absolute Gasteiger partial charge is 0.454 e. The standard InChI is InChI=1S/C23H28ClN3O6S/c1-15(2)25-23(29)16(3)26(12-17-6-5-7-18(24)10-17)22(28)13-27(34(4,30)31)19-8-9-20-21(11-19)33-14-32-20/h5-11,15-16H,12-14H2,1-4H3,(H,25,29). The Morgan fingerprint density at radius 1 is 1.09 bits per heavy atom. The molecule has 9 nitrogen and oxygen atoms in total. The molecule has 2 aromatic rings. The van der Waals surface area contributed by atoms with Crippen LogP contribution in [0, 0.1) is 0 Å². The van der Waals surface area contributed by atoms with E-state index in [-0.39, 0.29) is 31.0 Å². The second-order valence-corrected chi connectivity index (χ2v) is 10.6. The summed E-state index contributed by atoms with van der Waals surface area (Å²) in [6, 6.07) is 10.6. The third kappa shape index (κ3) is 6.32. The number of amides is 2. The van der Waals surface area contributed by atoms with Gasteiger partial charge >= 0.3 is 0 Å². The fraction of sp³-hybridized carbons (Fsp3) is 0.391. The molecule has 0 radical (unpaired) electrons. The van der Waals surface area contributed by atoms with E-state index in [2.05, 4.69) is 5.32 Å². The molecule has 0 aliphatic carbocycles. The van der Waals surface area contributed by atoms with Crippen LogP contribution in [0.4, 0.5) is 5.69 Å². The van der Waals surface area contributed by atoms with Crippen molar-refractivity contribution in [1.29, 1.82) is 0 Å². The minimum atomic E-state index is -3.84. The van der Waals surface area contributed by atoms with Crippen LogP contribution >= 0.6 is 11.6 Å². The van der Waals surface area contributed by atoms with Gasteiger partial charge in [0, 0.05) is 23.7 Å². The van der Waals surface area contributed by atoms with E-state index in [0.29, 0.717) is 22.1 Å². The molecule has 2 aromatic carbocycles. The second kappa shape index (κ2) is 10.5. The number of ether oxygens (including phenoxy) is 2. The molecule has 0 saturated carbocycles. The molecule has 184 valence electrons. The molecule has 1 unspecified atom stereocenters. The number of fused-ring (bicyclic) bond motifs is 1. The summed E-state index contributed by atoms with van der Waals surface area (Å²) in [5.74, 6) is -0.0158. The first-order chi connectivity index (χ1) is 16.0. The van der Waals surface area contributed by atoms with E-state index in [1.54, 1.807) is 37.3 Å². The summed E-state index contributed by atoms with van der Waals surface area (Å²) in [6.07, 6.45) is 1.01. The Balaban J connectivity index is 1.91. The predicted molar refractivity (Wildman–Crippen MR) is 129 cm³/mol. The van der Waals surface area contributed by atoms with E-state index in [0.717, 1.165) is 10.6 Å². The van der Waals surface area contributed by atoms with Gasteiger partial charge in [-0.25, -0.2) is 8.42 Å². The van der Waals surface area contributed by atoms with Crippen LogP contribution in [0.15, 0.2) is 42.5 Å². The first-order valence-corrected chi connectivity index (χ1v) is 12.9. The number of hydrogen-bond acceptors (Lipinski definition) is 6. The fourth-order valence-electron chi connectivity index (χ4n) is 3.47. The molecule has 11 heteroatoms. The number of benzene rings is 2.